The molecule has 1 N–H and O–H groups in total. The second kappa shape index (κ2) is 7.28. The number of carbonyl (C=O) groups excluding carboxylic acids is 1. The number of amides is 1. The maximum Gasteiger partial charge on any atom is 0.408 e. The second-order valence-corrected chi connectivity index (χ2v) is 5.58. The fraction of sp³-hybridized carbons (Fsp3) is 0.714. The van der Waals surface area contributed by atoms with Crippen LogP contribution in [-0.4, -0.2) is 34.5 Å². The van der Waals surface area contributed by atoms with Gasteiger partial charge in [0.25, 0.3) is 0 Å². The summed E-state index contributed by atoms with van der Waals surface area (Å²) >= 11 is 0. The molecule has 0 aliphatic carbocycles. The fourth-order valence-electron chi connectivity index (χ4n) is 1.74. The van der Waals surface area contributed by atoms with Crippen LogP contribution in [0.5, 0.6) is 0 Å². The zero-order valence-corrected chi connectivity index (χ0v) is 13.0. The number of nitrogens with zero attached hydrogens (tertiary/aromatic N) is 2. The quantitative estimate of drug-likeness (QED) is 0.815. The number of alkyl carbamates (subject to hydrolysis) is 1. The lowest BCUT2D eigenvalue weighted by Crippen LogP contribution is -2.34. The number of hydrogen-bond acceptors (Lipinski definition) is 4. The van der Waals surface area contributed by atoms with Crippen LogP contribution in [0.2, 0.25) is 0 Å². The van der Waals surface area contributed by atoms with Crippen molar-refractivity contribution >= 4 is 6.09 Å². The van der Waals surface area contributed by atoms with E-state index in [2.05, 4.69) is 10.3 Å². The van der Waals surface area contributed by atoms with E-state index in [0.29, 0.717) is 19.8 Å². The Bertz CT molecular complexity index is 424. The van der Waals surface area contributed by atoms with E-state index in [1.54, 1.807) is 12.5 Å². The predicted molar refractivity (Wildman–Crippen MR) is 76.5 cm³/mol. The van der Waals surface area contributed by atoms with Crippen LogP contribution >= 0.6 is 0 Å². The number of imidazole rings is 1. The van der Waals surface area contributed by atoms with Gasteiger partial charge in [0.05, 0.1) is 30.9 Å². The Labute approximate surface area is 120 Å². The van der Waals surface area contributed by atoms with Crippen LogP contribution < -0.4 is 5.32 Å². The molecule has 20 heavy (non-hydrogen) atoms. The summed E-state index contributed by atoms with van der Waals surface area (Å²) in [6.45, 7) is 11.4. The molecule has 114 valence electrons. The lowest BCUT2D eigenvalue weighted by Gasteiger charge is -2.22. The highest BCUT2D eigenvalue weighted by atomic mass is 16.6. The van der Waals surface area contributed by atoms with Crippen molar-refractivity contribution in [3.05, 3.63) is 18.2 Å². The summed E-state index contributed by atoms with van der Waals surface area (Å²) in [5.41, 5.74) is 0.425. The van der Waals surface area contributed by atoms with Crippen molar-refractivity contribution in [3.63, 3.8) is 0 Å². The normalized spacial score (nSPS) is 13.1. The summed E-state index contributed by atoms with van der Waals surface area (Å²) in [4.78, 5) is 15.9. The van der Waals surface area contributed by atoms with Crippen molar-refractivity contribution in [3.8, 4) is 0 Å². The molecule has 1 amide bonds. The van der Waals surface area contributed by atoms with Gasteiger partial charge in [0.15, 0.2) is 0 Å². The summed E-state index contributed by atoms with van der Waals surface area (Å²) in [7, 11) is 0. The van der Waals surface area contributed by atoms with Crippen molar-refractivity contribution in [2.24, 2.45) is 0 Å². The van der Waals surface area contributed by atoms with Crippen LogP contribution in [0, 0.1) is 0 Å². The average Bonchev–Trinajstić information content (AvgIpc) is 2.75. The third kappa shape index (κ3) is 5.61. The van der Waals surface area contributed by atoms with Crippen molar-refractivity contribution in [2.75, 3.05) is 13.2 Å². The molecule has 0 saturated heterocycles. The van der Waals surface area contributed by atoms with E-state index in [-0.39, 0.29) is 6.04 Å². The van der Waals surface area contributed by atoms with Crippen LogP contribution in [0.25, 0.3) is 0 Å². The molecule has 1 heterocycles. The molecule has 1 aromatic heterocycles. The van der Waals surface area contributed by atoms with Crippen molar-refractivity contribution < 1.29 is 14.3 Å². The molecule has 1 aromatic rings. The SMILES string of the molecule is CCOCCn1cncc1C(C)NC(=O)OC(C)(C)C. The molecular formula is C14H25N3O3. The minimum absolute atomic E-state index is 0.172. The Morgan fingerprint density at radius 1 is 1.50 bits per heavy atom. The Morgan fingerprint density at radius 2 is 2.20 bits per heavy atom. The Hall–Kier alpha value is -1.56. The minimum Gasteiger partial charge on any atom is -0.444 e. The van der Waals surface area contributed by atoms with Gasteiger partial charge in [-0.25, -0.2) is 9.78 Å². The first-order valence-electron chi connectivity index (χ1n) is 6.90. The molecule has 1 rings (SSSR count). The van der Waals surface area contributed by atoms with E-state index in [1.807, 2.05) is 39.2 Å². The van der Waals surface area contributed by atoms with E-state index < -0.39 is 11.7 Å². The predicted octanol–water partition coefficient (Wildman–Crippen LogP) is 2.51. The molecule has 0 radical (unpaired) electrons. The molecule has 1 atom stereocenters. The van der Waals surface area contributed by atoms with Crippen LogP contribution in [0.4, 0.5) is 4.79 Å². The first kappa shape index (κ1) is 16.5. The largest absolute Gasteiger partial charge is 0.444 e. The van der Waals surface area contributed by atoms with Gasteiger partial charge >= 0.3 is 6.09 Å². The first-order valence-corrected chi connectivity index (χ1v) is 6.90. The molecule has 0 fully saturated rings. The second-order valence-electron chi connectivity index (χ2n) is 5.58. The summed E-state index contributed by atoms with van der Waals surface area (Å²) in [5.74, 6) is 0. The Morgan fingerprint density at radius 3 is 2.80 bits per heavy atom. The summed E-state index contributed by atoms with van der Waals surface area (Å²) < 4.78 is 12.5. The lowest BCUT2D eigenvalue weighted by molar-refractivity contribution is 0.0506. The molecule has 0 aliphatic heterocycles. The van der Waals surface area contributed by atoms with Gasteiger partial charge in [0.2, 0.25) is 0 Å². The van der Waals surface area contributed by atoms with E-state index in [1.165, 1.54) is 0 Å². The molecule has 0 aromatic carbocycles. The van der Waals surface area contributed by atoms with Gasteiger partial charge in [-0.1, -0.05) is 0 Å². The molecule has 6 heteroatoms. The topological polar surface area (TPSA) is 65.4 Å². The maximum absolute atomic E-state index is 11.7. The highest BCUT2D eigenvalue weighted by Gasteiger charge is 2.19. The maximum atomic E-state index is 11.7. The number of nitrogens with one attached hydrogen (secondary N) is 1. The fourth-order valence-corrected chi connectivity index (χ4v) is 1.74. The number of rotatable bonds is 6. The van der Waals surface area contributed by atoms with E-state index in [4.69, 9.17) is 9.47 Å². The van der Waals surface area contributed by atoms with E-state index >= 15 is 0 Å². The monoisotopic (exact) mass is 283 g/mol. The Kier molecular flexibility index (Phi) is 6.01. The number of ether oxygens (including phenoxy) is 2. The zero-order valence-electron chi connectivity index (χ0n) is 13.0. The molecule has 6 nitrogen and oxygen atoms in total. The van der Waals surface area contributed by atoms with E-state index in [9.17, 15) is 4.79 Å². The lowest BCUT2D eigenvalue weighted by atomic mass is 10.2. The smallest absolute Gasteiger partial charge is 0.408 e. The molecule has 0 saturated carbocycles. The number of carbonyl (C=O) groups is 1. The number of aromatic nitrogens is 2. The number of hydrogen-bond donors (Lipinski definition) is 1. The molecular weight excluding hydrogens is 258 g/mol. The van der Waals surface area contributed by atoms with Crippen LogP contribution in [0.1, 0.15) is 46.4 Å². The van der Waals surface area contributed by atoms with Crippen LogP contribution in [-0.2, 0) is 16.0 Å². The van der Waals surface area contributed by atoms with Crippen molar-refractivity contribution in [1.29, 1.82) is 0 Å². The summed E-state index contributed by atoms with van der Waals surface area (Å²) in [6.07, 6.45) is 3.05. The van der Waals surface area contributed by atoms with Crippen molar-refractivity contribution in [2.45, 2.75) is 52.8 Å². The molecule has 0 aliphatic rings. The highest BCUT2D eigenvalue weighted by Crippen LogP contribution is 2.13. The van der Waals surface area contributed by atoms with Gasteiger partial charge < -0.3 is 19.4 Å². The van der Waals surface area contributed by atoms with Gasteiger partial charge in [0.1, 0.15) is 5.60 Å². The van der Waals surface area contributed by atoms with Gasteiger partial charge in [-0.05, 0) is 34.6 Å². The molecule has 0 spiro atoms. The van der Waals surface area contributed by atoms with Gasteiger partial charge in [-0.3, -0.25) is 0 Å². The zero-order chi connectivity index (χ0) is 15.2. The van der Waals surface area contributed by atoms with Crippen LogP contribution in [0.3, 0.4) is 0 Å². The molecule has 0 bridgehead atoms. The summed E-state index contributed by atoms with van der Waals surface area (Å²) in [5, 5.41) is 2.81. The van der Waals surface area contributed by atoms with Gasteiger partial charge in [-0.2, -0.15) is 0 Å². The van der Waals surface area contributed by atoms with Crippen molar-refractivity contribution in [1.82, 2.24) is 14.9 Å². The standard InChI is InChI=1S/C14H25N3O3/c1-6-19-8-7-17-10-15-9-12(17)11(2)16-13(18)20-14(3,4)5/h9-11H,6-8H2,1-5H3,(H,16,18). The third-order valence-corrected chi connectivity index (χ3v) is 2.60. The highest BCUT2D eigenvalue weighted by molar-refractivity contribution is 5.68. The van der Waals surface area contributed by atoms with E-state index in [0.717, 1.165) is 5.69 Å². The van der Waals surface area contributed by atoms with Gasteiger partial charge in [0, 0.05) is 13.2 Å². The molecule has 1 unspecified atom stereocenters. The minimum atomic E-state index is -0.501. The summed E-state index contributed by atoms with van der Waals surface area (Å²) in [6, 6.07) is -0.172. The average molecular weight is 283 g/mol. The van der Waals surface area contributed by atoms with Crippen LogP contribution in [0.15, 0.2) is 12.5 Å². The third-order valence-electron chi connectivity index (χ3n) is 2.60. The Balaban J connectivity index is 2.57. The van der Waals surface area contributed by atoms with Gasteiger partial charge in [-0.15, -0.1) is 0 Å². The first-order chi connectivity index (χ1) is 9.33.